The van der Waals surface area contributed by atoms with Crippen molar-refractivity contribution >= 4 is 16.6 Å². The van der Waals surface area contributed by atoms with Gasteiger partial charge in [-0.05, 0) is 50.3 Å². The summed E-state index contributed by atoms with van der Waals surface area (Å²) in [4.78, 5) is 16.7. The lowest BCUT2D eigenvalue weighted by Gasteiger charge is -2.37. The average molecular weight is 277 g/mol. The number of carbonyl (C=O) groups is 1. The molecule has 1 aromatic heterocycles. The van der Waals surface area contributed by atoms with Gasteiger partial charge in [0.25, 0.3) is 0 Å². The monoisotopic (exact) mass is 277 g/mol. The summed E-state index contributed by atoms with van der Waals surface area (Å²) in [5, 5.41) is 0.484. The minimum absolute atomic E-state index is 0.0299. The maximum atomic E-state index is 12.5. The van der Waals surface area contributed by atoms with Gasteiger partial charge in [0.1, 0.15) is 5.69 Å². The molecule has 2 aliphatic rings. The highest BCUT2D eigenvalue weighted by Crippen LogP contribution is 2.38. The van der Waals surface area contributed by atoms with Crippen molar-refractivity contribution in [3.63, 3.8) is 0 Å². The number of fused-ring (bicyclic) bond motifs is 2. The third kappa shape index (κ3) is 2.50. The number of carbonyl (C=O) groups excluding carboxylic acids is 1. The van der Waals surface area contributed by atoms with Gasteiger partial charge in [-0.2, -0.15) is 0 Å². The second-order valence-corrected chi connectivity index (χ2v) is 7.74. The molecule has 102 valence electrons. The number of rotatable bonds is 2. The third-order valence-electron chi connectivity index (χ3n) is 4.34. The zero-order chi connectivity index (χ0) is 13.4. The van der Waals surface area contributed by atoms with Gasteiger partial charge in [0.15, 0.2) is 5.78 Å². The molecule has 2 bridgehead atoms. The molecular weight excluding hydrogens is 258 g/mol. The Morgan fingerprint density at radius 1 is 1.32 bits per heavy atom. The van der Waals surface area contributed by atoms with E-state index in [1.807, 2.05) is 19.1 Å². The summed E-state index contributed by atoms with van der Waals surface area (Å²) in [6.07, 6.45) is 6.49. The fourth-order valence-corrected chi connectivity index (χ4v) is 5.51. The predicted molar refractivity (Wildman–Crippen MR) is 75.6 cm³/mol. The van der Waals surface area contributed by atoms with Crippen LogP contribution in [0.2, 0.25) is 0 Å². The van der Waals surface area contributed by atoms with Crippen molar-refractivity contribution in [3.05, 3.63) is 29.6 Å². The molecule has 0 radical (unpaired) electrons. The fourth-order valence-electron chi connectivity index (χ4n) is 3.33. The molecular formula is C15H19NO2S. The largest absolute Gasteiger partial charge is 0.292 e. The van der Waals surface area contributed by atoms with Crippen LogP contribution in [0, 0.1) is 12.8 Å². The second kappa shape index (κ2) is 5.16. The Morgan fingerprint density at radius 3 is 2.63 bits per heavy atom. The minimum atomic E-state index is -0.707. The molecule has 4 heteroatoms. The van der Waals surface area contributed by atoms with Gasteiger partial charge in [-0.25, -0.2) is 0 Å². The van der Waals surface area contributed by atoms with E-state index in [0.29, 0.717) is 5.69 Å². The van der Waals surface area contributed by atoms with E-state index >= 15 is 0 Å². The number of hydrogen-bond acceptors (Lipinski definition) is 3. The number of aryl methyl sites for hydroxylation is 1. The van der Waals surface area contributed by atoms with Gasteiger partial charge in [0.2, 0.25) is 0 Å². The standard InChI is InChI=1S/C15H19NO2S/c1-10-5-6-16-14(7-10)15(17)11-8-12-3-2-4-13(9-11)19(12)18/h5-7,11-13H,2-4,8-9H2,1H3. The minimum Gasteiger partial charge on any atom is -0.292 e. The van der Waals surface area contributed by atoms with Crippen LogP contribution in [0.3, 0.4) is 0 Å². The first-order valence-corrected chi connectivity index (χ1v) is 8.29. The summed E-state index contributed by atoms with van der Waals surface area (Å²) < 4.78 is 12.2. The number of Topliss-reactive ketones (excluding diaryl/α,β-unsaturated/α-hetero) is 1. The Balaban J connectivity index is 1.80. The molecule has 0 amide bonds. The van der Waals surface area contributed by atoms with Crippen LogP contribution in [0.25, 0.3) is 0 Å². The van der Waals surface area contributed by atoms with E-state index in [9.17, 15) is 9.00 Å². The van der Waals surface area contributed by atoms with Gasteiger partial charge in [-0.1, -0.05) is 6.42 Å². The van der Waals surface area contributed by atoms with Crippen molar-refractivity contribution in [3.8, 4) is 0 Å². The van der Waals surface area contributed by atoms with E-state index in [1.165, 1.54) is 6.42 Å². The molecule has 2 atom stereocenters. The maximum absolute atomic E-state index is 12.5. The van der Waals surface area contributed by atoms with Crippen molar-refractivity contribution < 1.29 is 9.00 Å². The Kier molecular flexibility index (Phi) is 3.52. The van der Waals surface area contributed by atoms with Crippen LogP contribution >= 0.6 is 0 Å². The van der Waals surface area contributed by atoms with E-state index < -0.39 is 10.8 Å². The van der Waals surface area contributed by atoms with Crippen LogP contribution in [0.1, 0.15) is 48.2 Å². The normalized spacial score (nSPS) is 33.9. The van der Waals surface area contributed by atoms with Gasteiger partial charge in [-0.3, -0.25) is 14.0 Å². The predicted octanol–water partition coefficient (Wildman–Crippen LogP) is 2.65. The SMILES string of the molecule is Cc1ccnc(C(=O)C2CC3CCCC(C2)S3=O)c1. The Bertz CT molecular complexity index is 513. The first-order valence-electron chi connectivity index (χ1n) is 7.01. The fraction of sp³-hybridized carbons (Fsp3) is 0.600. The van der Waals surface area contributed by atoms with Crippen LogP contribution in [0.5, 0.6) is 0 Å². The summed E-state index contributed by atoms with van der Waals surface area (Å²) in [6, 6.07) is 3.77. The van der Waals surface area contributed by atoms with Crippen molar-refractivity contribution in [2.75, 3.05) is 0 Å². The number of nitrogens with zero attached hydrogens (tertiary/aromatic N) is 1. The summed E-state index contributed by atoms with van der Waals surface area (Å²) in [5.41, 5.74) is 1.65. The Labute approximate surface area is 116 Å². The highest BCUT2D eigenvalue weighted by Gasteiger charge is 2.40. The zero-order valence-electron chi connectivity index (χ0n) is 11.2. The van der Waals surface area contributed by atoms with Crippen molar-refractivity contribution in [1.82, 2.24) is 4.98 Å². The van der Waals surface area contributed by atoms with Gasteiger partial charge in [-0.15, -0.1) is 0 Å². The molecule has 2 aliphatic heterocycles. The average Bonchev–Trinajstić information content (AvgIpc) is 2.37. The van der Waals surface area contributed by atoms with Crippen LogP contribution in [-0.2, 0) is 10.8 Å². The van der Waals surface area contributed by atoms with E-state index in [-0.39, 0.29) is 22.2 Å². The molecule has 0 N–H and O–H groups in total. The van der Waals surface area contributed by atoms with E-state index in [2.05, 4.69) is 4.98 Å². The van der Waals surface area contributed by atoms with Gasteiger partial charge in [0.05, 0.1) is 0 Å². The Morgan fingerprint density at radius 2 is 2.00 bits per heavy atom. The maximum Gasteiger partial charge on any atom is 0.184 e. The van der Waals surface area contributed by atoms with Crippen molar-refractivity contribution in [2.24, 2.45) is 5.92 Å². The molecule has 0 spiro atoms. The second-order valence-electron chi connectivity index (χ2n) is 5.75. The van der Waals surface area contributed by atoms with E-state index in [4.69, 9.17) is 0 Å². The number of hydrogen-bond donors (Lipinski definition) is 0. The van der Waals surface area contributed by atoms with Gasteiger partial charge >= 0.3 is 0 Å². The quantitative estimate of drug-likeness (QED) is 0.781. The third-order valence-corrected chi connectivity index (χ3v) is 6.51. The van der Waals surface area contributed by atoms with Gasteiger partial charge < -0.3 is 0 Å². The molecule has 0 saturated carbocycles. The van der Waals surface area contributed by atoms with Crippen molar-refractivity contribution in [1.29, 1.82) is 0 Å². The van der Waals surface area contributed by atoms with Crippen LogP contribution < -0.4 is 0 Å². The molecule has 0 aliphatic carbocycles. The summed E-state index contributed by atoms with van der Waals surface area (Å²) in [7, 11) is -0.707. The number of ketones is 1. The smallest absolute Gasteiger partial charge is 0.184 e. The highest BCUT2D eigenvalue weighted by atomic mass is 32.2. The van der Waals surface area contributed by atoms with Crippen LogP contribution in [0.15, 0.2) is 18.3 Å². The van der Waals surface area contributed by atoms with Crippen molar-refractivity contribution in [2.45, 2.75) is 49.5 Å². The summed E-state index contributed by atoms with van der Waals surface area (Å²) in [5.74, 6) is 0.180. The first-order chi connectivity index (χ1) is 9.15. The summed E-state index contributed by atoms with van der Waals surface area (Å²) >= 11 is 0. The number of pyridine rings is 1. The first kappa shape index (κ1) is 13.0. The lowest BCUT2D eigenvalue weighted by molar-refractivity contribution is 0.0890. The molecule has 2 unspecified atom stereocenters. The molecule has 2 saturated heterocycles. The summed E-state index contributed by atoms with van der Waals surface area (Å²) in [6.45, 7) is 1.98. The molecule has 3 rings (SSSR count). The number of aromatic nitrogens is 1. The lowest BCUT2D eigenvalue weighted by Crippen LogP contribution is -2.41. The lowest BCUT2D eigenvalue weighted by atomic mass is 9.85. The molecule has 2 fully saturated rings. The molecule has 19 heavy (non-hydrogen) atoms. The van der Waals surface area contributed by atoms with Crippen LogP contribution in [-0.4, -0.2) is 25.5 Å². The van der Waals surface area contributed by atoms with E-state index in [1.54, 1.807) is 6.20 Å². The molecule has 3 heterocycles. The zero-order valence-corrected chi connectivity index (χ0v) is 12.0. The van der Waals surface area contributed by atoms with Gasteiger partial charge in [0, 0.05) is 33.4 Å². The molecule has 3 nitrogen and oxygen atoms in total. The molecule has 0 aromatic carbocycles. The van der Waals surface area contributed by atoms with E-state index in [0.717, 1.165) is 31.2 Å². The molecule has 1 aromatic rings. The topological polar surface area (TPSA) is 47.0 Å². The van der Waals surface area contributed by atoms with Crippen LogP contribution in [0.4, 0.5) is 0 Å². The Hall–Kier alpha value is -1.03. The highest BCUT2D eigenvalue weighted by molar-refractivity contribution is 7.86.